The van der Waals surface area contributed by atoms with Gasteiger partial charge >= 0.3 is 0 Å². The lowest BCUT2D eigenvalue weighted by molar-refractivity contribution is -0.136. The zero-order valence-corrected chi connectivity index (χ0v) is 13.2. The van der Waals surface area contributed by atoms with Crippen molar-refractivity contribution >= 4 is 5.91 Å². The first-order valence-electron chi connectivity index (χ1n) is 8.20. The lowest BCUT2D eigenvalue weighted by atomic mass is 10.0. The largest absolute Gasteiger partial charge is 0.491 e. The number of carbonyl (C=O) groups excluding carboxylic acids is 1. The molecule has 0 radical (unpaired) electrons. The quantitative estimate of drug-likeness (QED) is 0.828. The number of benzene rings is 1. The molecule has 1 aromatic rings. The van der Waals surface area contributed by atoms with E-state index in [1.165, 1.54) is 5.56 Å². The normalized spacial score (nSPS) is 25.3. The SMILES string of the molecule is O=C1CO[C@H]2CCN(Cc3cccc(OCCO)c3)CC[C@@H]2N1. The Hall–Kier alpha value is -1.63. The van der Waals surface area contributed by atoms with Gasteiger partial charge in [0.05, 0.1) is 18.8 Å². The van der Waals surface area contributed by atoms with Gasteiger partial charge in [-0.05, 0) is 30.5 Å². The number of ether oxygens (including phenoxy) is 2. The molecule has 126 valence electrons. The molecule has 2 fully saturated rings. The molecule has 0 saturated carbocycles. The molecule has 2 aliphatic rings. The van der Waals surface area contributed by atoms with E-state index in [2.05, 4.69) is 16.3 Å². The number of amides is 1. The summed E-state index contributed by atoms with van der Waals surface area (Å²) in [6, 6.07) is 8.12. The summed E-state index contributed by atoms with van der Waals surface area (Å²) < 4.78 is 11.1. The van der Waals surface area contributed by atoms with Crippen LogP contribution in [-0.4, -0.2) is 61.0 Å². The van der Waals surface area contributed by atoms with Crippen molar-refractivity contribution in [3.8, 4) is 5.75 Å². The molecular formula is C17H24N2O4. The Morgan fingerprint density at radius 1 is 1.35 bits per heavy atom. The van der Waals surface area contributed by atoms with Crippen molar-refractivity contribution in [1.82, 2.24) is 10.2 Å². The van der Waals surface area contributed by atoms with Crippen molar-refractivity contribution in [3.05, 3.63) is 29.8 Å². The molecular weight excluding hydrogens is 296 g/mol. The second kappa shape index (κ2) is 7.77. The van der Waals surface area contributed by atoms with E-state index in [9.17, 15) is 4.79 Å². The number of morpholine rings is 1. The molecule has 1 amide bonds. The van der Waals surface area contributed by atoms with E-state index in [0.29, 0.717) is 6.61 Å². The molecule has 0 aliphatic carbocycles. The topological polar surface area (TPSA) is 71.0 Å². The minimum absolute atomic E-state index is 0.00608. The van der Waals surface area contributed by atoms with Crippen LogP contribution in [-0.2, 0) is 16.1 Å². The first-order valence-corrected chi connectivity index (χ1v) is 8.20. The molecule has 0 unspecified atom stereocenters. The van der Waals surface area contributed by atoms with Crippen LogP contribution in [0, 0.1) is 0 Å². The van der Waals surface area contributed by atoms with Gasteiger partial charge in [0, 0.05) is 19.6 Å². The standard InChI is InChI=1S/C17H24N2O4/c20-8-9-22-14-3-1-2-13(10-14)11-19-6-4-15-16(5-7-19)23-12-17(21)18-15/h1-3,10,15-16,20H,4-9,11-12H2,(H,18,21)/t15-,16-/m0/s1. The second-order valence-corrected chi connectivity index (χ2v) is 6.10. The van der Waals surface area contributed by atoms with Gasteiger partial charge in [-0.15, -0.1) is 0 Å². The minimum Gasteiger partial charge on any atom is -0.491 e. The molecule has 23 heavy (non-hydrogen) atoms. The van der Waals surface area contributed by atoms with Gasteiger partial charge < -0.3 is 19.9 Å². The lowest BCUT2D eigenvalue weighted by Gasteiger charge is -2.30. The molecule has 0 bridgehead atoms. The van der Waals surface area contributed by atoms with Crippen LogP contribution in [0.25, 0.3) is 0 Å². The third-order valence-corrected chi connectivity index (χ3v) is 4.37. The molecule has 2 atom stereocenters. The average Bonchev–Trinajstić information content (AvgIpc) is 2.76. The van der Waals surface area contributed by atoms with E-state index in [-0.39, 0.29) is 31.3 Å². The number of carbonyl (C=O) groups is 1. The van der Waals surface area contributed by atoms with Gasteiger partial charge in [-0.25, -0.2) is 0 Å². The molecule has 2 heterocycles. The van der Waals surface area contributed by atoms with Gasteiger partial charge in [0.2, 0.25) is 5.91 Å². The highest BCUT2D eigenvalue weighted by molar-refractivity contribution is 5.78. The van der Waals surface area contributed by atoms with Crippen molar-refractivity contribution in [2.45, 2.75) is 31.5 Å². The van der Waals surface area contributed by atoms with Crippen LogP contribution >= 0.6 is 0 Å². The highest BCUT2D eigenvalue weighted by Crippen LogP contribution is 2.21. The van der Waals surface area contributed by atoms with E-state index in [1.54, 1.807) is 0 Å². The summed E-state index contributed by atoms with van der Waals surface area (Å²) in [6.45, 7) is 3.26. The number of hydrogen-bond donors (Lipinski definition) is 2. The number of aliphatic hydroxyl groups excluding tert-OH is 1. The fourth-order valence-corrected chi connectivity index (χ4v) is 3.24. The Balaban J connectivity index is 1.57. The zero-order chi connectivity index (χ0) is 16.1. The minimum atomic E-state index is -0.00608. The third kappa shape index (κ3) is 4.43. The Bertz CT molecular complexity index is 537. The van der Waals surface area contributed by atoms with Crippen LogP contribution in [0.4, 0.5) is 0 Å². The van der Waals surface area contributed by atoms with Crippen LogP contribution < -0.4 is 10.1 Å². The number of rotatable bonds is 5. The van der Waals surface area contributed by atoms with Crippen LogP contribution in [0.15, 0.2) is 24.3 Å². The molecule has 2 saturated heterocycles. The molecule has 0 spiro atoms. The summed E-state index contributed by atoms with van der Waals surface area (Å²) in [5.41, 5.74) is 1.19. The first kappa shape index (κ1) is 16.2. The Labute approximate surface area is 136 Å². The number of nitrogens with one attached hydrogen (secondary N) is 1. The molecule has 1 aromatic carbocycles. The van der Waals surface area contributed by atoms with Crippen LogP contribution in [0.3, 0.4) is 0 Å². The zero-order valence-electron chi connectivity index (χ0n) is 13.2. The number of hydrogen-bond acceptors (Lipinski definition) is 5. The highest BCUT2D eigenvalue weighted by atomic mass is 16.5. The van der Waals surface area contributed by atoms with E-state index in [1.807, 2.05) is 18.2 Å². The Morgan fingerprint density at radius 2 is 2.22 bits per heavy atom. The summed E-state index contributed by atoms with van der Waals surface area (Å²) in [6.07, 6.45) is 1.99. The molecule has 2 aliphatic heterocycles. The Kier molecular flexibility index (Phi) is 5.48. The predicted octanol–water partition coefficient (Wildman–Crippen LogP) is 0.537. The molecule has 3 rings (SSSR count). The fourth-order valence-electron chi connectivity index (χ4n) is 3.24. The number of fused-ring (bicyclic) bond motifs is 1. The fraction of sp³-hybridized carbons (Fsp3) is 0.588. The van der Waals surface area contributed by atoms with Crippen molar-refractivity contribution < 1.29 is 19.4 Å². The number of nitrogens with zero attached hydrogens (tertiary/aromatic N) is 1. The van der Waals surface area contributed by atoms with Gasteiger partial charge in [-0.2, -0.15) is 0 Å². The Morgan fingerprint density at radius 3 is 3.09 bits per heavy atom. The van der Waals surface area contributed by atoms with Gasteiger partial charge in [0.15, 0.2) is 0 Å². The summed E-state index contributed by atoms with van der Waals surface area (Å²) >= 11 is 0. The smallest absolute Gasteiger partial charge is 0.246 e. The van der Waals surface area contributed by atoms with E-state index >= 15 is 0 Å². The third-order valence-electron chi connectivity index (χ3n) is 4.37. The van der Waals surface area contributed by atoms with E-state index < -0.39 is 0 Å². The second-order valence-electron chi connectivity index (χ2n) is 6.10. The van der Waals surface area contributed by atoms with Crippen LogP contribution in [0.1, 0.15) is 18.4 Å². The van der Waals surface area contributed by atoms with Gasteiger partial charge in [-0.1, -0.05) is 12.1 Å². The molecule has 2 N–H and O–H groups in total. The monoisotopic (exact) mass is 320 g/mol. The number of likely N-dealkylation sites (tertiary alicyclic amines) is 1. The maximum Gasteiger partial charge on any atom is 0.246 e. The summed E-state index contributed by atoms with van der Waals surface area (Å²) in [7, 11) is 0. The van der Waals surface area contributed by atoms with Crippen molar-refractivity contribution in [3.63, 3.8) is 0 Å². The van der Waals surface area contributed by atoms with Crippen LogP contribution in [0.2, 0.25) is 0 Å². The van der Waals surface area contributed by atoms with Crippen molar-refractivity contribution in [1.29, 1.82) is 0 Å². The first-order chi connectivity index (χ1) is 11.2. The average molecular weight is 320 g/mol. The molecule has 6 heteroatoms. The molecule has 6 nitrogen and oxygen atoms in total. The highest BCUT2D eigenvalue weighted by Gasteiger charge is 2.32. The summed E-state index contributed by atoms with van der Waals surface area (Å²) in [5, 5.41) is 11.9. The maximum absolute atomic E-state index is 11.4. The van der Waals surface area contributed by atoms with E-state index in [4.69, 9.17) is 14.6 Å². The van der Waals surface area contributed by atoms with Gasteiger partial charge in [0.25, 0.3) is 0 Å². The van der Waals surface area contributed by atoms with Gasteiger partial charge in [-0.3, -0.25) is 9.69 Å². The van der Waals surface area contributed by atoms with Crippen molar-refractivity contribution in [2.24, 2.45) is 0 Å². The van der Waals surface area contributed by atoms with E-state index in [0.717, 1.165) is 38.2 Å². The van der Waals surface area contributed by atoms with Crippen molar-refractivity contribution in [2.75, 3.05) is 32.9 Å². The summed E-state index contributed by atoms with van der Waals surface area (Å²) in [5.74, 6) is 0.782. The van der Waals surface area contributed by atoms with Crippen LogP contribution in [0.5, 0.6) is 5.75 Å². The summed E-state index contributed by atoms with van der Waals surface area (Å²) in [4.78, 5) is 13.8. The maximum atomic E-state index is 11.4. The molecule has 0 aromatic heterocycles. The lowest BCUT2D eigenvalue weighted by Crippen LogP contribution is -2.51. The number of aliphatic hydroxyl groups is 1. The predicted molar refractivity (Wildman–Crippen MR) is 85.2 cm³/mol. The van der Waals surface area contributed by atoms with Gasteiger partial charge in [0.1, 0.15) is 19.0 Å².